The average Bonchev–Trinajstić information content (AvgIpc) is 3.52. The highest BCUT2D eigenvalue weighted by Gasteiger charge is 2.48. The number of piperidine rings is 1. The molecular formula is C20H30F2N4O3. The van der Waals surface area contributed by atoms with Gasteiger partial charge < -0.3 is 15.5 Å². The lowest BCUT2D eigenvalue weighted by molar-refractivity contribution is -0.135. The van der Waals surface area contributed by atoms with Crippen LogP contribution in [0.25, 0.3) is 0 Å². The molecule has 9 heteroatoms. The number of nitriles is 1. The third kappa shape index (κ3) is 6.01. The van der Waals surface area contributed by atoms with Gasteiger partial charge in [-0.15, -0.1) is 5.06 Å². The van der Waals surface area contributed by atoms with Crippen molar-refractivity contribution >= 4 is 12.0 Å². The Morgan fingerprint density at radius 3 is 2.45 bits per heavy atom. The molecule has 1 spiro atoms. The minimum atomic E-state index is -3.13. The molecule has 3 rings (SSSR count). The predicted octanol–water partition coefficient (Wildman–Crippen LogP) is 3.12. The van der Waals surface area contributed by atoms with Crippen molar-refractivity contribution in [2.75, 3.05) is 13.1 Å². The van der Waals surface area contributed by atoms with Gasteiger partial charge in [0.15, 0.2) is 0 Å². The van der Waals surface area contributed by atoms with Gasteiger partial charge in [0.05, 0.1) is 6.07 Å². The molecule has 1 saturated heterocycles. The Kier molecular flexibility index (Phi) is 6.04. The summed E-state index contributed by atoms with van der Waals surface area (Å²) in [6.07, 6.45) is 3.04. The van der Waals surface area contributed by atoms with Gasteiger partial charge in [-0.3, -0.25) is 4.79 Å². The van der Waals surface area contributed by atoms with Crippen LogP contribution in [0.2, 0.25) is 0 Å². The summed E-state index contributed by atoms with van der Waals surface area (Å²) in [5, 5.41) is 15.5. The molecule has 162 valence electrons. The summed E-state index contributed by atoms with van der Waals surface area (Å²) in [5.41, 5.74) is -0.774. The molecule has 0 aromatic carbocycles. The fourth-order valence-electron chi connectivity index (χ4n) is 4.01. The van der Waals surface area contributed by atoms with Crippen molar-refractivity contribution < 1.29 is 23.2 Å². The van der Waals surface area contributed by atoms with Gasteiger partial charge in [-0.05, 0) is 49.9 Å². The van der Waals surface area contributed by atoms with Crippen LogP contribution in [0.4, 0.5) is 13.6 Å². The number of hydroxylamine groups is 2. The van der Waals surface area contributed by atoms with E-state index < -0.39 is 42.3 Å². The molecule has 3 aliphatic rings. The van der Waals surface area contributed by atoms with Crippen molar-refractivity contribution in [1.29, 1.82) is 5.26 Å². The lowest BCUT2D eigenvalue weighted by Gasteiger charge is -2.32. The van der Waals surface area contributed by atoms with Crippen LogP contribution in [-0.4, -0.2) is 47.7 Å². The summed E-state index contributed by atoms with van der Waals surface area (Å²) in [4.78, 5) is 30.2. The van der Waals surface area contributed by atoms with Gasteiger partial charge in [-0.2, -0.15) is 5.26 Å². The van der Waals surface area contributed by atoms with E-state index in [0.29, 0.717) is 25.9 Å². The van der Waals surface area contributed by atoms with E-state index in [1.807, 2.05) is 6.07 Å². The first-order chi connectivity index (χ1) is 13.6. The van der Waals surface area contributed by atoms with E-state index in [-0.39, 0.29) is 11.3 Å². The molecular weight excluding hydrogens is 382 g/mol. The monoisotopic (exact) mass is 412 g/mol. The molecule has 2 amide bonds. The van der Waals surface area contributed by atoms with E-state index in [1.54, 1.807) is 18.9 Å². The Hall–Kier alpha value is -1.95. The highest BCUT2D eigenvalue weighted by atomic mass is 19.3. The van der Waals surface area contributed by atoms with Gasteiger partial charge in [0, 0.05) is 25.9 Å². The molecule has 3 fully saturated rings. The van der Waals surface area contributed by atoms with E-state index in [1.165, 1.54) is 0 Å². The van der Waals surface area contributed by atoms with Crippen LogP contribution >= 0.6 is 0 Å². The number of carbonyl (C=O) groups is 2. The Morgan fingerprint density at radius 2 is 1.90 bits per heavy atom. The molecule has 0 bridgehead atoms. The SMILES string of the molecule is CC(C)CC(F)(F)C[C@H](NC(=O)ON1CCCC2(CC2)C1)C(=O)NC1(C#N)CC1. The number of alkyl halides is 2. The zero-order chi connectivity index (χ0) is 21.3. The molecule has 1 aliphatic heterocycles. The predicted molar refractivity (Wildman–Crippen MR) is 101 cm³/mol. The van der Waals surface area contributed by atoms with Crippen molar-refractivity contribution in [2.45, 2.75) is 82.7 Å². The number of carbonyl (C=O) groups excluding carboxylic acids is 2. The molecule has 1 heterocycles. The summed E-state index contributed by atoms with van der Waals surface area (Å²) in [6, 6.07) is 0.526. The Bertz CT molecular complexity index is 684. The standard InChI is InChI=1S/C20H30F2N4O3/c1-14(2)10-20(21,22)11-15(16(27)25-19(12-23)7-8-19)24-17(28)29-26-9-3-4-18(13-26)5-6-18/h14-15H,3-11,13H2,1-2H3,(H,24,28)(H,25,27)/t15-/m0/s1. The second-order valence-corrected chi connectivity index (χ2v) is 9.38. The minimum absolute atomic E-state index is 0.227. The first-order valence-corrected chi connectivity index (χ1v) is 10.4. The van der Waals surface area contributed by atoms with Crippen LogP contribution in [-0.2, 0) is 9.63 Å². The molecule has 0 aromatic rings. The first-order valence-electron chi connectivity index (χ1n) is 10.4. The Labute approximate surface area is 170 Å². The lowest BCUT2D eigenvalue weighted by atomic mass is 9.97. The summed E-state index contributed by atoms with van der Waals surface area (Å²) < 4.78 is 28.8. The molecule has 2 saturated carbocycles. The van der Waals surface area contributed by atoms with E-state index in [4.69, 9.17) is 10.1 Å². The summed E-state index contributed by atoms with van der Waals surface area (Å²) in [5.74, 6) is -4.17. The van der Waals surface area contributed by atoms with E-state index in [9.17, 15) is 18.4 Å². The quantitative estimate of drug-likeness (QED) is 0.639. The number of nitrogens with one attached hydrogen (secondary N) is 2. The Balaban J connectivity index is 1.61. The third-order valence-electron chi connectivity index (χ3n) is 5.94. The van der Waals surface area contributed by atoms with Crippen LogP contribution in [0.15, 0.2) is 0 Å². The summed E-state index contributed by atoms with van der Waals surface area (Å²) in [7, 11) is 0. The van der Waals surface area contributed by atoms with Gasteiger partial charge in [-0.25, -0.2) is 13.6 Å². The van der Waals surface area contributed by atoms with E-state index in [2.05, 4.69) is 10.6 Å². The fourth-order valence-corrected chi connectivity index (χ4v) is 4.01. The van der Waals surface area contributed by atoms with Crippen LogP contribution in [0, 0.1) is 22.7 Å². The number of hydrogen-bond donors (Lipinski definition) is 2. The lowest BCUT2D eigenvalue weighted by Crippen LogP contribution is -2.53. The normalized spacial score (nSPS) is 23.2. The number of halogens is 2. The van der Waals surface area contributed by atoms with Crippen molar-refractivity contribution in [3.63, 3.8) is 0 Å². The molecule has 0 radical (unpaired) electrons. The van der Waals surface area contributed by atoms with Gasteiger partial charge in [0.1, 0.15) is 11.6 Å². The fraction of sp³-hybridized carbons (Fsp3) is 0.850. The zero-order valence-electron chi connectivity index (χ0n) is 17.1. The Morgan fingerprint density at radius 1 is 1.21 bits per heavy atom. The zero-order valence-corrected chi connectivity index (χ0v) is 17.1. The molecule has 29 heavy (non-hydrogen) atoms. The van der Waals surface area contributed by atoms with Crippen LogP contribution < -0.4 is 10.6 Å². The van der Waals surface area contributed by atoms with E-state index in [0.717, 1.165) is 25.7 Å². The van der Waals surface area contributed by atoms with Gasteiger partial charge in [0.25, 0.3) is 5.92 Å². The van der Waals surface area contributed by atoms with Gasteiger partial charge in [0.2, 0.25) is 5.91 Å². The molecule has 2 N–H and O–H groups in total. The van der Waals surface area contributed by atoms with Crippen LogP contribution in [0.1, 0.15) is 65.2 Å². The van der Waals surface area contributed by atoms with Gasteiger partial charge >= 0.3 is 6.09 Å². The maximum atomic E-state index is 14.4. The molecule has 0 aromatic heterocycles. The number of rotatable bonds is 8. The molecule has 7 nitrogen and oxygen atoms in total. The molecule has 0 unspecified atom stereocenters. The number of nitrogens with zero attached hydrogens (tertiary/aromatic N) is 2. The maximum absolute atomic E-state index is 14.4. The summed E-state index contributed by atoms with van der Waals surface area (Å²) in [6.45, 7) is 4.57. The molecule has 1 atom stereocenters. The van der Waals surface area contributed by atoms with Crippen molar-refractivity contribution in [3.05, 3.63) is 0 Å². The van der Waals surface area contributed by atoms with Crippen LogP contribution in [0.3, 0.4) is 0 Å². The minimum Gasteiger partial charge on any atom is -0.351 e. The smallest absolute Gasteiger partial charge is 0.351 e. The third-order valence-corrected chi connectivity index (χ3v) is 5.94. The topological polar surface area (TPSA) is 94.5 Å². The van der Waals surface area contributed by atoms with Crippen molar-refractivity contribution in [3.8, 4) is 6.07 Å². The van der Waals surface area contributed by atoms with E-state index >= 15 is 0 Å². The van der Waals surface area contributed by atoms with Gasteiger partial charge in [-0.1, -0.05) is 13.8 Å². The van der Waals surface area contributed by atoms with Crippen molar-refractivity contribution in [1.82, 2.24) is 15.7 Å². The highest BCUT2D eigenvalue weighted by molar-refractivity contribution is 5.86. The highest BCUT2D eigenvalue weighted by Crippen LogP contribution is 2.52. The largest absolute Gasteiger partial charge is 0.426 e. The summed E-state index contributed by atoms with van der Waals surface area (Å²) >= 11 is 0. The number of amides is 2. The second-order valence-electron chi connectivity index (χ2n) is 9.38. The second kappa shape index (κ2) is 8.05. The van der Waals surface area contributed by atoms with Crippen molar-refractivity contribution in [2.24, 2.45) is 11.3 Å². The molecule has 2 aliphatic carbocycles. The van der Waals surface area contributed by atoms with Crippen LogP contribution in [0.5, 0.6) is 0 Å². The average molecular weight is 412 g/mol. The first kappa shape index (κ1) is 21.8. The number of hydrogen-bond acceptors (Lipinski definition) is 5. The maximum Gasteiger partial charge on any atom is 0.426 e.